The van der Waals surface area contributed by atoms with Gasteiger partial charge < -0.3 is 15.4 Å². The fourth-order valence-corrected chi connectivity index (χ4v) is 3.34. The van der Waals surface area contributed by atoms with Crippen LogP contribution >= 0.6 is 11.3 Å². The first kappa shape index (κ1) is 19.8. The lowest BCUT2D eigenvalue weighted by molar-refractivity contribution is 0.457. The zero-order valence-electron chi connectivity index (χ0n) is 15.9. The molecule has 0 radical (unpaired) electrons. The molecule has 0 aliphatic rings. The second-order valence-electron chi connectivity index (χ2n) is 6.29. The maximum absolute atomic E-state index is 13.2. The van der Waals surface area contributed by atoms with Crippen molar-refractivity contribution in [3.05, 3.63) is 76.4 Å². The van der Waals surface area contributed by atoms with Gasteiger partial charge in [0.25, 0.3) is 0 Å². The average Bonchev–Trinajstić information content (AvgIpc) is 3.24. The second-order valence-corrected chi connectivity index (χ2v) is 7.27. The van der Waals surface area contributed by atoms with Gasteiger partial charge >= 0.3 is 0 Å². The smallest absolute Gasteiger partial charge is 0.219 e. The van der Waals surface area contributed by atoms with Crippen molar-refractivity contribution in [2.24, 2.45) is 4.99 Å². The predicted octanol–water partition coefficient (Wildman–Crippen LogP) is 4.54. The monoisotopic (exact) mass is 398 g/mol. The Morgan fingerprint density at radius 1 is 1.21 bits per heavy atom. The molecule has 0 amide bonds. The Morgan fingerprint density at radius 3 is 2.79 bits per heavy atom. The summed E-state index contributed by atoms with van der Waals surface area (Å²) in [5.74, 6) is 1.65. The van der Waals surface area contributed by atoms with E-state index in [-0.39, 0.29) is 5.82 Å². The van der Waals surface area contributed by atoms with Gasteiger partial charge in [-0.05, 0) is 29.1 Å². The van der Waals surface area contributed by atoms with Gasteiger partial charge in [0.05, 0.1) is 0 Å². The molecule has 0 aliphatic carbocycles. The van der Waals surface area contributed by atoms with Gasteiger partial charge in [-0.25, -0.2) is 9.37 Å². The van der Waals surface area contributed by atoms with E-state index in [0.29, 0.717) is 24.1 Å². The summed E-state index contributed by atoms with van der Waals surface area (Å²) >= 11 is 1.76. The van der Waals surface area contributed by atoms with Crippen molar-refractivity contribution in [2.45, 2.75) is 19.4 Å². The van der Waals surface area contributed by atoms with Gasteiger partial charge in [-0.2, -0.15) is 0 Å². The minimum Gasteiger partial charge on any atom is -0.439 e. The van der Waals surface area contributed by atoms with E-state index >= 15 is 0 Å². The number of guanidine groups is 1. The van der Waals surface area contributed by atoms with Crippen LogP contribution in [0, 0.1) is 5.82 Å². The molecule has 28 heavy (non-hydrogen) atoms. The summed E-state index contributed by atoms with van der Waals surface area (Å²) in [6, 6.07) is 13.9. The van der Waals surface area contributed by atoms with Crippen LogP contribution in [-0.2, 0) is 6.54 Å². The van der Waals surface area contributed by atoms with Crippen molar-refractivity contribution < 1.29 is 9.13 Å². The van der Waals surface area contributed by atoms with E-state index in [9.17, 15) is 4.39 Å². The number of ether oxygens (including phenoxy) is 1. The van der Waals surface area contributed by atoms with E-state index in [1.54, 1.807) is 42.8 Å². The van der Waals surface area contributed by atoms with Crippen LogP contribution in [0.25, 0.3) is 0 Å². The van der Waals surface area contributed by atoms with E-state index in [0.717, 1.165) is 18.1 Å². The lowest BCUT2D eigenvalue weighted by Crippen LogP contribution is -2.38. The molecule has 7 heteroatoms. The number of aromatic nitrogens is 1. The highest BCUT2D eigenvalue weighted by molar-refractivity contribution is 7.10. The number of thiophene rings is 1. The largest absolute Gasteiger partial charge is 0.439 e. The van der Waals surface area contributed by atoms with Crippen LogP contribution in [0.5, 0.6) is 11.6 Å². The number of halogens is 1. The Bertz CT molecular complexity index is 897. The maximum Gasteiger partial charge on any atom is 0.219 e. The van der Waals surface area contributed by atoms with E-state index in [1.165, 1.54) is 17.0 Å². The number of benzene rings is 1. The highest BCUT2D eigenvalue weighted by Gasteiger charge is 2.08. The molecule has 3 rings (SSSR count). The van der Waals surface area contributed by atoms with Crippen LogP contribution in [0.4, 0.5) is 4.39 Å². The summed E-state index contributed by atoms with van der Waals surface area (Å²) in [5, 5.41) is 8.71. The number of hydrogen-bond acceptors (Lipinski definition) is 4. The highest BCUT2D eigenvalue weighted by atomic mass is 32.1. The molecular weight excluding hydrogens is 375 g/mol. The van der Waals surface area contributed by atoms with E-state index in [2.05, 4.69) is 45.0 Å². The highest BCUT2D eigenvalue weighted by Crippen LogP contribution is 2.20. The molecular formula is C21H23FN4OS. The third-order valence-electron chi connectivity index (χ3n) is 4.10. The number of hydrogen-bond donors (Lipinski definition) is 2. The average molecular weight is 399 g/mol. The van der Waals surface area contributed by atoms with Crippen LogP contribution in [0.3, 0.4) is 0 Å². The van der Waals surface area contributed by atoms with Crippen molar-refractivity contribution in [1.29, 1.82) is 0 Å². The van der Waals surface area contributed by atoms with Gasteiger partial charge in [0, 0.05) is 49.3 Å². The molecule has 0 bridgehead atoms. The van der Waals surface area contributed by atoms with Crippen molar-refractivity contribution in [3.8, 4) is 11.6 Å². The first-order chi connectivity index (χ1) is 13.6. The zero-order valence-corrected chi connectivity index (χ0v) is 16.7. The minimum absolute atomic E-state index is 0.342. The summed E-state index contributed by atoms with van der Waals surface area (Å²) in [5.41, 5.74) is 0.987. The molecule has 3 aromatic rings. The second kappa shape index (κ2) is 9.85. The van der Waals surface area contributed by atoms with Crippen molar-refractivity contribution in [3.63, 3.8) is 0 Å². The van der Waals surface area contributed by atoms with Crippen LogP contribution in [0.1, 0.15) is 23.3 Å². The van der Waals surface area contributed by atoms with Gasteiger partial charge in [-0.15, -0.1) is 11.3 Å². The molecule has 0 spiro atoms. The van der Waals surface area contributed by atoms with E-state index in [4.69, 9.17) is 4.74 Å². The summed E-state index contributed by atoms with van der Waals surface area (Å²) in [7, 11) is 1.75. The molecule has 1 unspecified atom stereocenters. The third kappa shape index (κ3) is 5.79. The Labute approximate surface area is 168 Å². The van der Waals surface area contributed by atoms with Crippen molar-refractivity contribution >= 4 is 17.3 Å². The first-order valence-corrected chi connectivity index (χ1v) is 9.88. The van der Waals surface area contributed by atoms with E-state index in [1.807, 2.05) is 6.07 Å². The number of pyridine rings is 1. The van der Waals surface area contributed by atoms with Gasteiger partial charge in [0.2, 0.25) is 5.88 Å². The van der Waals surface area contributed by atoms with Crippen LogP contribution in [0.15, 0.2) is 65.1 Å². The quantitative estimate of drug-likeness (QED) is 0.453. The molecule has 2 aromatic heterocycles. The maximum atomic E-state index is 13.2. The molecule has 2 heterocycles. The third-order valence-corrected chi connectivity index (χ3v) is 5.21. The Hall–Kier alpha value is -2.93. The van der Waals surface area contributed by atoms with Crippen molar-refractivity contribution in [2.75, 3.05) is 13.6 Å². The molecule has 146 valence electrons. The number of nitrogens with one attached hydrogen (secondary N) is 2. The molecule has 1 aromatic carbocycles. The molecule has 2 N–H and O–H groups in total. The summed E-state index contributed by atoms with van der Waals surface area (Å²) in [6.07, 6.45) is 1.73. The molecule has 0 aliphatic heterocycles. The number of nitrogens with zero attached hydrogens (tertiary/aromatic N) is 2. The minimum atomic E-state index is -0.342. The Morgan fingerprint density at radius 2 is 2.11 bits per heavy atom. The predicted molar refractivity (Wildman–Crippen MR) is 112 cm³/mol. The molecule has 0 saturated heterocycles. The fourth-order valence-electron chi connectivity index (χ4n) is 2.56. The normalized spacial score (nSPS) is 12.5. The fraction of sp³-hybridized carbons (Fsp3) is 0.238. The summed E-state index contributed by atoms with van der Waals surface area (Å²) in [4.78, 5) is 9.88. The molecule has 1 atom stereocenters. The Kier molecular flexibility index (Phi) is 6.97. The standard InChI is InChI=1S/C21H23FN4OS/c1-15(19-7-4-10-28-19)12-25-21(23-2)26-14-16-8-9-20(24-13-16)27-18-6-3-5-17(22)11-18/h3-11,13,15H,12,14H2,1-2H3,(H2,23,25,26). The van der Waals surface area contributed by atoms with Gasteiger partial charge in [-0.3, -0.25) is 4.99 Å². The zero-order chi connectivity index (χ0) is 19.8. The number of rotatable bonds is 7. The first-order valence-electron chi connectivity index (χ1n) is 9.00. The van der Waals surface area contributed by atoms with Crippen molar-refractivity contribution in [1.82, 2.24) is 15.6 Å². The summed E-state index contributed by atoms with van der Waals surface area (Å²) < 4.78 is 18.8. The van der Waals surface area contributed by atoms with E-state index < -0.39 is 0 Å². The van der Waals surface area contributed by atoms with Gasteiger partial charge in [-0.1, -0.05) is 25.1 Å². The molecule has 0 saturated carbocycles. The van der Waals surface area contributed by atoms with Crippen LogP contribution < -0.4 is 15.4 Å². The lowest BCUT2D eigenvalue weighted by atomic mass is 10.1. The molecule has 5 nitrogen and oxygen atoms in total. The lowest BCUT2D eigenvalue weighted by Gasteiger charge is -2.15. The van der Waals surface area contributed by atoms with Crippen LogP contribution in [-0.4, -0.2) is 24.5 Å². The topological polar surface area (TPSA) is 58.5 Å². The molecule has 0 fully saturated rings. The Balaban J connectivity index is 1.48. The van der Waals surface area contributed by atoms with Gasteiger partial charge in [0.15, 0.2) is 5.96 Å². The SMILES string of the molecule is CN=C(NCc1ccc(Oc2cccc(F)c2)nc1)NCC(C)c1cccs1. The van der Waals surface area contributed by atoms with Gasteiger partial charge in [0.1, 0.15) is 11.6 Å². The summed E-state index contributed by atoms with van der Waals surface area (Å²) in [6.45, 7) is 3.58. The number of aliphatic imine (C=N–C) groups is 1. The van der Waals surface area contributed by atoms with Crippen LogP contribution in [0.2, 0.25) is 0 Å².